The molecule has 2 atom stereocenters. The molecule has 4 nitrogen and oxygen atoms in total. The van der Waals surface area contributed by atoms with Gasteiger partial charge in [0.2, 0.25) is 0 Å². The number of benzene rings is 2. The molecule has 0 saturated carbocycles. The van der Waals surface area contributed by atoms with Gasteiger partial charge in [0.05, 0.1) is 16.8 Å². The molecule has 0 radical (unpaired) electrons. The van der Waals surface area contributed by atoms with E-state index in [1.807, 2.05) is 29.3 Å². The van der Waals surface area contributed by atoms with Crippen LogP contribution in [0.4, 0.5) is 10.1 Å². The normalized spacial score (nSPS) is 22.4. The molecular weight excluding hydrogens is 407 g/mol. The van der Waals surface area contributed by atoms with Crippen molar-refractivity contribution in [2.24, 2.45) is 11.0 Å². The number of hydrogen-bond acceptors (Lipinski definition) is 4. The summed E-state index contributed by atoms with van der Waals surface area (Å²) in [5, 5.41) is 9.59. The lowest BCUT2D eigenvalue weighted by molar-refractivity contribution is 0.197. The molecule has 1 fully saturated rings. The summed E-state index contributed by atoms with van der Waals surface area (Å²) in [5.41, 5.74) is 5.97. The average Bonchev–Trinajstić information content (AvgIpc) is 3.07. The van der Waals surface area contributed by atoms with Crippen molar-refractivity contribution in [3.63, 3.8) is 0 Å². The zero-order valence-corrected chi connectivity index (χ0v) is 17.9. The Labute approximate surface area is 181 Å². The number of piperidine rings is 1. The number of nitrogens with zero attached hydrogens (tertiary/aromatic N) is 3. The van der Waals surface area contributed by atoms with Crippen LogP contribution >= 0.6 is 23.8 Å². The smallest absolute Gasteiger partial charge is 0.137 e. The van der Waals surface area contributed by atoms with Gasteiger partial charge in [0.25, 0.3) is 0 Å². The number of para-hydroxylation sites is 1. The lowest BCUT2D eigenvalue weighted by Crippen LogP contribution is -2.47. The summed E-state index contributed by atoms with van der Waals surface area (Å²) >= 11 is 12.2. The molecule has 1 N–H and O–H groups in total. The molecule has 2 unspecified atom stereocenters. The van der Waals surface area contributed by atoms with Crippen LogP contribution in [0.1, 0.15) is 37.8 Å². The fourth-order valence-electron chi connectivity index (χ4n) is 4.02. The van der Waals surface area contributed by atoms with Gasteiger partial charge >= 0.3 is 0 Å². The Kier molecular flexibility index (Phi) is 6.13. The highest BCUT2D eigenvalue weighted by molar-refractivity contribution is 7.82. The average molecular weight is 431 g/mol. The third-order valence-corrected chi connectivity index (χ3v) is 6.16. The maximum absolute atomic E-state index is 13.5. The molecule has 152 valence electrons. The van der Waals surface area contributed by atoms with Crippen molar-refractivity contribution in [2.75, 3.05) is 18.1 Å². The van der Waals surface area contributed by atoms with Gasteiger partial charge in [-0.3, -0.25) is 5.01 Å². The molecule has 0 spiro atoms. The maximum atomic E-state index is 13.5. The van der Waals surface area contributed by atoms with Gasteiger partial charge in [0.15, 0.2) is 0 Å². The first kappa shape index (κ1) is 20.3. The first-order valence-corrected chi connectivity index (χ1v) is 10.8. The topological polar surface area (TPSA) is 30.9 Å². The van der Waals surface area contributed by atoms with Crippen molar-refractivity contribution in [1.82, 2.24) is 10.4 Å². The minimum absolute atomic E-state index is 0.0153. The largest absolute Gasteiger partial charge is 0.308 e. The van der Waals surface area contributed by atoms with E-state index in [2.05, 4.69) is 17.4 Å². The first-order valence-electron chi connectivity index (χ1n) is 9.98. The summed E-state index contributed by atoms with van der Waals surface area (Å²) in [5.74, 6) is -0.242. The van der Waals surface area contributed by atoms with E-state index in [0.717, 1.165) is 30.1 Å². The van der Waals surface area contributed by atoms with E-state index in [-0.39, 0.29) is 17.8 Å². The standard InChI is InChI=1S/C22H24ClFN4S/c1-15-20(22(29)26-27-13-5-2-6-14-27)25-28(19-8-4-3-7-18(19)23)21(15)16-9-11-17(24)12-10-16/h3-4,7-12,15,21H,2,5-6,13-14H2,1H3,(H,26,29). The Hall–Kier alpha value is -2.02. The summed E-state index contributed by atoms with van der Waals surface area (Å²) in [6.07, 6.45) is 3.60. The lowest BCUT2D eigenvalue weighted by atomic mass is 9.91. The second-order valence-corrected chi connectivity index (χ2v) is 8.37. The van der Waals surface area contributed by atoms with Crippen LogP contribution in [0.25, 0.3) is 0 Å². The molecule has 0 aromatic heterocycles. The van der Waals surface area contributed by atoms with Gasteiger partial charge in [-0.1, -0.05) is 61.4 Å². The van der Waals surface area contributed by atoms with Crippen molar-refractivity contribution in [3.05, 3.63) is 64.9 Å². The fraction of sp³-hybridized carbons (Fsp3) is 0.364. The molecule has 2 aliphatic heterocycles. The molecule has 2 aromatic rings. The Balaban J connectivity index is 1.66. The summed E-state index contributed by atoms with van der Waals surface area (Å²) in [6.45, 7) is 4.07. The quantitative estimate of drug-likeness (QED) is 0.662. The van der Waals surface area contributed by atoms with E-state index < -0.39 is 0 Å². The molecule has 4 rings (SSSR count). The van der Waals surface area contributed by atoms with Crippen LogP contribution < -0.4 is 10.4 Å². The molecule has 0 amide bonds. The van der Waals surface area contributed by atoms with E-state index in [0.29, 0.717) is 10.0 Å². The Morgan fingerprint density at radius 2 is 1.79 bits per heavy atom. The third kappa shape index (κ3) is 4.29. The molecule has 29 heavy (non-hydrogen) atoms. The maximum Gasteiger partial charge on any atom is 0.137 e. The van der Waals surface area contributed by atoms with Crippen molar-refractivity contribution in [1.29, 1.82) is 0 Å². The van der Waals surface area contributed by atoms with Crippen LogP contribution in [0.2, 0.25) is 5.02 Å². The predicted octanol–water partition coefficient (Wildman–Crippen LogP) is 5.35. The number of hydrazone groups is 1. The third-order valence-electron chi connectivity index (χ3n) is 5.54. The molecule has 0 aliphatic carbocycles. The zero-order chi connectivity index (χ0) is 20.4. The number of hydrogen-bond donors (Lipinski definition) is 1. The summed E-state index contributed by atoms with van der Waals surface area (Å²) in [6, 6.07) is 14.1. The minimum atomic E-state index is -0.257. The summed E-state index contributed by atoms with van der Waals surface area (Å²) in [4.78, 5) is 0.640. The highest BCUT2D eigenvalue weighted by Gasteiger charge is 2.39. The number of halogens is 2. The molecule has 7 heteroatoms. The van der Waals surface area contributed by atoms with E-state index in [9.17, 15) is 4.39 Å². The number of anilines is 1. The van der Waals surface area contributed by atoms with Crippen molar-refractivity contribution < 1.29 is 4.39 Å². The molecule has 2 aromatic carbocycles. The van der Waals surface area contributed by atoms with E-state index >= 15 is 0 Å². The monoisotopic (exact) mass is 430 g/mol. The van der Waals surface area contributed by atoms with Gasteiger partial charge < -0.3 is 5.43 Å². The Bertz CT molecular complexity index is 911. The number of nitrogens with one attached hydrogen (secondary N) is 1. The molecular formula is C22H24ClFN4S. The number of thiocarbonyl (C=S) groups is 1. The van der Waals surface area contributed by atoms with Gasteiger partial charge in [-0.2, -0.15) is 5.10 Å². The van der Waals surface area contributed by atoms with Gasteiger partial charge in [-0.05, 0) is 42.7 Å². The Morgan fingerprint density at radius 1 is 1.10 bits per heavy atom. The van der Waals surface area contributed by atoms with Crippen molar-refractivity contribution in [3.8, 4) is 0 Å². The van der Waals surface area contributed by atoms with Crippen LogP contribution in [-0.4, -0.2) is 28.8 Å². The number of hydrazine groups is 1. The minimum Gasteiger partial charge on any atom is -0.308 e. The molecule has 2 aliphatic rings. The van der Waals surface area contributed by atoms with E-state index in [1.54, 1.807) is 12.1 Å². The van der Waals surface area contributed by atoms with E-state index in [1.165, 1.54) is 31.4 Å². The first-order chi connectivity index (χ1) is 14.0. The van der Waals surface area contributed by atoms with Crippen LogP contribution in [0.5, 0.6) is 0 Å². The lowest BCUT2D eigenvalue weighted by Gasteiger charge is -2.29. The summed E-state index contributed by atoms with van der Waals surface area (Å²) in [7, 11) is 0. The Morgan fingerprint density at radius 3 is 2.48 bits per heavy atom. The van der Waals surface area contributed by atoms with Crippen LogP contribution in [0.3, 0.4) is 0 Å². The zero-order valence-electron chi connectivity index (χ0n) is 16.3. The second-order valence-electron chi connectivity index (χ2n) is 7.55. The highest BCUT2D eigenvalue weighted by atomic mass is 35.5. The van der Waals surface area contributed by atoms with Gasteiger partial charge in [0, 0.05) is 19.0 Å². The second kappa shape index (κ2) is 8.78. The molecule has 0 bridgehead atoms. The highest BCUT2D eigenvalue weighted by Crippen LogP contribution is 2.41. The van der Waals surface area contributed by atoms with Gasteiger partial charge in [-0.25, -0.2) is 9.40 Å². The van der Waals surface area contributed by atoms with Gasteiger partial charge in [-0.15, -0.1) is 0 Å². The van der Waals surface area contributed by atoms with Crippen molar-refractivity contribution >= 4 is 40.2 Å². The molecule has 2 heterocycles. The van der Waals surface area contributed by atoms with E-state index in [4.69, 9.17) is 28.9 Å². The van der Waals surface area contributed by atoms with Crippen LogP contribution in [0.15, 0.2) is 53.6 Å². The van der Waals surface area contributed by atoms with Crippen LogP contribution in [0, 0.1) is 11.7 Å². The van der Waals surface area contributed by atoms with Crippen LogP contribution in [-0.2, 0) is 0 Å². The van der Waals surface area contributed by atoms with Gasteiger partial charge in [0.1, 0.15) is 16.5 Å². The SMILES string of the molecule is CC1C(C(=S)NN2CCCCC2)=NN(c2ccccc2Cl)C1c1ccc(F)cc1. The van der Waals surface area contributed by atoms with Crippen molar-refractivity contribution in [2.45, 2.75) is 32.2 Å². The predicted molar refractivity (Wildman–Crippen MR) is 121 cm³/mol. The number of rotatable bonds is 4. The summed E-state index contributed by atoms with van der Waals surface area (Å²) < 4.78 is 13.5. The fourth-order valence-corrected chi connectivity index (χ4v) is 4.60. The molecule has 1 saturated heterocycles.